The van der Waals surface area contributed by atoms with E-state index >= 15 is 0 Å². The van der Waals surface area contributed by atoms with Crippen LogP contribution >= 0.6 is 0 Å². The fraction of sp³-hybridized carbons (Fsp3) is 0.400. The highest BCUT2D eigenvalue weighted by Crippen LogP contribution is 2.24. The van der Waals surface area contributed by atoms with E-state index in [1.54, 1.807) is 0 Å². The largest absolute Gasteiger partial charge is 0.379 e. The quantitative estimate of drug-likeness (QED) is 0.670. The molecule has 15 heavy (non-hydrogen) atoms. The summed E-state index contributed by atoms with van der Waals surface area (Å²) in [4.78, 5) is 4.28. The summed E-state index contributed by atoms with van der Waals surface area (Å²) in [6.07, 6.45) is 3.69. The minimum atomic E-state index is 0.532. The third-order valence-corrected chi connectivity index (χ3v) is 2.80. The molecule has 2 aromatic heterocycles. The van der Waals surface area contributed by atoms with Crippen molar-refractivity contribution in [3.05, 3.63) is 18.0 Å². The smallest absolute Gasteiger partial charge is 0.157 e. The molecule has 0 radical (unpaired) electrons. The zero-order valence-electron chi connectivity index (χ0n) is 8.54. The van der Waals surface area contributed by atoms with Crippen LogP contribution in [0.15, 0.2) is 12.4 Å². The predicted octanol–water partition coefficient (Wildman–Crippen LogP) is 0.650. The van der Waals surface area contributed by atoms with Crippen LogP contribution in [0.3, 0.4) is 0 Å². The van der Waals surface area contributed by atoms with Gasteiger partial charge in [0.25, 0.3) is 0 Å². The molecule has 2 aromatic rings. The van der Waals surface area contributed by atoms with E-state index in [2.05, 4.69) is 32.7 Å². The summed E-state index contributed by atoms with van der Waals surface area (Å²) in [5.41, 5.74) is 3.16. The number of hydrogen-bond acceptors (Lipinski definition) is 4. The van der Waals surface area contributed by atoms with Crippen LogP contribution < -0.4 is 10.6 Å². The van der Waals surface area contributed by atoms with Gasteiger partial charge in [0.15, 0.2) is 5.65 Å². The highest BCUT2D eigenvalue weighted by molar-refractivity contribution is 5.90. The summed E-state index contributed by atoms with van der Waals surface area (Å²) < 4.78 is 0. The SMILES string of the molecule is Cc1cnc2[nH]ncc2c1NC1CNC1. The van der Waals surface area contributed by atoms with Gasteiger partial charge < -0.3 is 10.6 Å². The van der Waals surface area contributed by atoms with Crippen molar-refractivity contribution in [2.24, 2.45) is 0 Å². The van der Waals surface area contributed by atoms with Gasteiger partial charge in [-0.25, -0.2) is 4.98 Å². The Kier molecular flexibility index (Phi) is 1.85. The Morgan fingerprint density at radius 1 is 1.40 bits per heavy atom. The number of aromatic amines is 1. The number of nitrogens with one attached hydrogen (secondary N) is 3. The first-order chi connectivity index (χ1) is 7.34. The second-order valence-corrected chi connectivity index (χ2v) is 3.95. The zero-order valence-corrected chi connectivity index (χ0v) is 8.54. The molecule has 3 N–H and O–H groups in total. The summed E-state index contributed by atoms with van der Waals surface area (Å²) in [6.45, 7) is 4.12. The number of aryl methyl sites for hydroxylation is 1. The minimum absolute atomic E-state index is 0.532. The number of H-pyrrole nitrogens is 1. The Bertz CT molecular complexity index is 486. The van der Waals surface area contributed by atoms with Gasteiger partial charge in [-0.1, -0.05) is 0 Å². The van der Waals surface area contributed by atoms with Gasteiger partial charge in [0.05, 0.1) is 23.3 Å². The molecule has 0 aromatic carbocycles. The van der Waals surface area contributed by atoms with E-state index in [9.17, 15) is 0 Å². The number of rotatable bonds is 2. The van der Waals surface area contributed by atoms with Crippen LogP contribution in [0.2, 0.25) is 0 Å². The molecule has 3 heterocycles. The first kappa shape index (κ1) is 8.67. The van der Waals surface area contributed by atoms with Crippen LogP contribution in [0.5, 0.6) is 0 Å². The number of hydrogen-bond donors (Lipinski definition) is 3. The van der Waals surface area contributed by atoms with Crippen LogP contribution in [0.25, 0.3) is 11.0 Å². The maximum atomic E-state index is 4.28. The zero-order chi connectivity index (χ0) is 10.3. The molecule has 0 spiro atoms. The topological polar surface area (TPSA) is 65.6 Å². The highest BCUT2D eigenvalue weighted by atomic mass is 15.1. The molecule has 0 unspecified atom stereocenters. The monoisotopic (exact) mass is 203 g/mol. The van der Waals surface area contributed by atoms with Crippen molar-refractivity contribution >= 4 is 16.7 Å². The summed E-state index contributed by atoms with van der Waals surface area (Å²) in [5.74, 6) is 0. The van der Waals surface area contributed by atoms with E-state index in [4.69, 9.17) is 0 Å². The Morgan fingerprint density at radius 2 is 2.27 bits per heavy atom. The van der Waals surface area contributed by atoms with Crippen molar-refractivity contribution in [2.75, 3.05) is 18.4 Å². The predicted molar refractivity (Wildman–Crippen MR) is 58.9 cm³/mol. The molecule has 1 saturated heterocycles. The van der Waals surface area contributed by atoms with Crippen molar-refractivity contribution in [2.45, 2.75) is 13.0 Å². The number of aromatic nitrogens is 3. The van der Waals surface area contributed by atoms with Crippen LogP contribution in [0.4, 0.5) is 5.69 Å². The normalized spacial score (nSPS) is 16.6. The molecular weight excluding hydrogens is 190 g/mol. The van der Waals surface area contributed by atoms with Crippen LogP contribution in [0, 0.1) is 6.92 Å². The van der Waals surface area contributed by atoms with Crippen LogP contribution in [-0.2, 0) is 0 Å². The van der Waals surface area contributed by atoms with E-state index in [1.807, 2.05) is 12.4 Å². The molecule has 0 atom stereocenters. The molecule has 78 valence electrons. The van der Waals surface area contributed by atoms with Crippen LogP contribution in [-0.4, -0.2) is 34.3 Å². The molecule has 0 saturated carbocycles. The van der Waals surface area contributed by atoms with Crippen molar-refractivity contribution in [1.29, 1.82) is 0 Å². The lowest BCUT2D eigenvalue weighted by atomic mass is 10.1. The Labute approximate surface area is 87.3 Å². The van der Waals surface area contributed by atoms with E-state index in [0.717, 1.165) is 35.4 Å². The highest BCUT2D eigenvalue weighted by Gasteiger charge is 2.18. The standard InChI is InChI=1S/C10H13N5/c1-6-2-12-10-8(5-13-15-10)9(6)14-7-3-11-4-7/h2,5,7,11H,3-4H2,1H3,(H2,12,13,14,15). The average Bonchev–Trinajstić information content (AvgIpc) is 2.61. The van der Waals surface area contributed by atoms with Gasteiger partial charge in [-0.3, -0.25) is 5.10 Å². The van der Waals surface area contributed by atoms with Crippen molar-refractivity contribution in [3.8, 4) is 0 Å². The lowest BCUT2D eigenvalue weighted by Gasteiger charge is -2.29. The van der Waals surface area contributed by atoms with Gasteiger partial charge >= 0.3 is 0 Å². The Hall–Kier alpha value is -1.62. The first-order valence-corrected chi connectivity index (χ1v) is 5.10. The molecular formula is C10H13N5. The fourth-order valence-corrected chi connectivity index (χ4v) is 1.79. The molecule has 1 aliphatic heterocycles. The number of anilines is 1. The second kappa shape index (κ2) is 3.20. The van der Waals surface area contributed by atoms with Gasteiger partial charge in [-0.05, 0) is 12.5 Å². The van der Waals surface area contributed by atoms with E-state index in [-0.39, 0.29) is 0 Å². The van der Waals surface area contributed by atoms with Crippen LogP contribution in [0.1, 0.15) is 5.56 Å². The average molecular weight is 203 g/mol. The van der Waals surface area contributed by atoms with E-state index in [1.165, 1.54) is 0 Å². The lowest BCUT2D eigenvalue weighted by Crippen LogP contribution is -2.51. The van der Waals surface area contributed by atoms with Gasteiger partial charge in [0.2, 0.25) is 0 Å². The third kappa shape index (κ3) is 1.35. The van der Waals surface area contributed by atoms with Gasteiger partial charge in [-0.2, -0.15) is 5.10 Å². The number of fused-ring (bicyclic) bond motifs is 1. The van der Waals surface area contributed by atoms with E-state index in [0.29, 0.717) is 6.04 Å². The molecule has 1 aliphatic rings. The lowest BCUT2D eigenvalue weighted by molar-refractivity contribution is 0.472. The van der Waals surface area contributed by atoms with Crippen molar-refractivity contribution < 1.29 is 0 Å². The molecule has 0 bridgehead atoms. The van der Waals surface area contributed by atoms with E-state index < -0.39 is 0 Å². The summed E-state index contributed by atoms with van der Waals surface area (Å²) in [5, 5.41) is 14.7. The summed E-state index contributed by atoms with van der Waals surface area (Å²) in [6, 6.07) is 0.532. The fourth-order valence-electron chi connectivity index (χ4n) is 1.79. The molecule has 3 rings (SSSR count). The number of nitrogens with zero attached hydrogens (tertiary/aromatic N) is 2. The summed E-state index contributed by atoms with van der Waals surface area (Å²) >= 11 is 0. The molecule has 5 heteroatoms. The molecule has 0 aliphatic carbocycles. The summed E-state index contributed by atoms with van der Waals surface area (Å²) in [7, 11) is 0. The van der Waals surface area contributed by atoms with Crippen molar-refractivity contribution in [1.82, 2.24) is 20.5 Å². The molecule has 0 amide bonds. The Balaban J connectivity index is 2.05. The van der Waals surface area contributed by atoms with Gasteiger partial charge in [0, 0.05) is 19.3 Å². The van der Waals surface area contributed by atoms with Gasteiger partial charge in [0.1, 0.15) is 0 Å². The Morgan fingerprint density at radius 3 is 3.00 bits per heavy atom. The first-order valence-electron chi connectivity index (χ1n) is 5.10. The molecule has 5 nitrogen and oxygen atoms in total. The van der Waals surface area contributed by atoms with Crippen molar-refractivity contribution in [3.63, 3.8) is 0 Å². The third-order valence-electron chi connectivity index (χ3n) is 2.80. The number of pyridine rings is 1. The molecule has 1 fully saturated rings. The second-order valence-electron chi connectivity index (χ2n) is 3.95. The maximum absolute atomic E-state index is 4.28. The minimum Gasteiger partial charge on any atom is -0.379 e. The van der Waals surface area contributed by atoms with Gasteiger partial charge in [-0.15, -0.1) is 0 Å². The maximum Gasteiger partial charge on any atom is 0.157 e.